The maximum atomic E-state index is 11.1. The Hall–Kier alpha value is -0.240. The van der Waals surface area contributed by atoms with Crippen LogP contribution >= 0.6 is 22.6 Å². The lowest BCUT2D eigenvalue weighted by Gasteiger charge is -2.02. The first-order valence-corrected chi connectivity index (χ1v) is 5.66. The highest BCUT2D eigenvalue weighted by Crippen LogP contribution is 2.02. The number of nitrogens with one attached hydrogen (secondary N) is 1. The van der Waals surface area contributed by atoms with Crippen molar-refractivity contribution in [2.75, 3.05) is 6.54 Å². The highest BCUT2D eigenvalue weighted by Gasteiger charge is 2.03. The molecule has 0 aliphatic heterocycles. The van der Waals surface area contributed by atoms with E-state index in [1.165, 1.54) is 0 Å². The molecule has 0 saturated carbocycles. The summed E-state index contributed by atoms with van der Waals surface area (Å²) in [5.74, 6) is 6.35. The van der Waals surface area contributed by atoms with Gasteiger partial charge in [-0.2, -0.15) is 0 Å². The number of hydrogen-bond donors (Lipinski definition) is 1. The number of alkyl halides is 1. The topological polar surface area (TPSA) is 29.1 Å². The lowest BCUT2D eigenvalue weighted by atomic mass is 10.2. The zero-order valence-electron chi connectivity index (χ0n) is 8.36. The van der Waals surface area contributed by atoms with Gasteiger partial charge in [0, 0.05) is 16.3 Å². The maximum Gasteiger partial charge on any atom is 0.221 e. The number of amides is 1. The van der Waals surface area contributed by atoms with Gasteiger partial charge >= 0.3 is 0 Å². The normalized spacial score (nSPS) is 11.8. The zero-order valence-corrected chi connectivity index (χ0v) is 10.5. The highest BCUT2D eigenvalue weighted by molar-refractivity contribution is 14.1. The average molecular weight is 293 g/mol. The Labute approximate surface area is 94.0 Å². The van der Waals surface area contributed by atoms with Gasteiger partial charge in [-0.3, -0.25) is 4.79 Å². The molecule has 0 heterocycles. The Morgan fingerprint density at radius 2 is 2.08 bits per heavy atom. The Morgan fingerprint density at radius 1 is 1.46 bits per heavy atom. The summed E-state index contributed by atoms with van der Waals surface area (Å²) >= 11 is 2.23. The van der Waals surface area contributed by atoms with E-state index in [2.05, 4.69) is 39.7 Å². The third kappa shape index (κ3) is 9.68. The van der Waals surface area contributed by atoms with Crippen LogP contribution in [0.1, 0.15) is 27.2 Å². The molecule has 0 radical (unpaired) electrons. The summed E-state index contributed by atoms with van der Waals surface area (Å²) in [6.45, 7) is 6.55. The van der Waals surface area contributed by atoms with Crippen molar-refractivity contribution in [2.45, 2.75) is 31.1 Å². The van der Waals surface area contributed by atoms with Crippen LogP contribution in [-0.4, -0.2) is 16.4 Å². The van der Waals surface area contributed by atoms with Gasteiger partial charge in [0.2, 0.25) is 5.91 Å². The molecule has 1 unspecified atom stereocenters. The molecule has 0 aromatic rings. The molecule has 0 bridgehead atoms. The van der Waals surface area contributed by atoms with Gasteiger partial charge in [-0.05, 0) is 0 Å². The molecular weight excluding hydrogens is 277 g/mol. The summed E-state index contributed by atoms with van der Waals surface area (Å²) < 4.78 is 0.385. The van der Waals surface area contributed by atoms with Crippen LogP contribution in [0, 0.1) is 17.8 Å². The van der Waals surface area contributed by atoms with Gasteiger partial charge in [-0.1, -0.05) is 55.2 Å². The quantitative estimate of drug-likeness (QED) is 0.481. The van der Waals surface area contributed by atoms with Crippen molar-refractivity contribution in [2.24, 2.45) is 5.92 Å². The molecule has 0 saturated heterocycles. The van der Waals surface area contributed by atoms with E-state index in [-0.39, 0.29) is 5.91 Å². The van der Waals surface area contributed by atoms with Gasteiger partial charge in [0.15, 0.2) is 0 Å². The van der Waals surface area contributed by atoms with Crippen molar-refractivity contribution in [3.8, 4) is 11.8 Å². The predicted octanol–water partition coefficient (Wildman–Crippen LogP) is 1.98. The lowest BCUT2D eigenvalue weighted by molar-refractivity contribution is -0.120. The summed E-state index contributed by atoms with van der Waals surface area (Å²) in [7, 11) is 0. The monoisotopic (exact) mass is 293 g/mol. The smallest absolute Gasteiger partial charge is 0.221 e. The number of halogens is 1. The molecule has 0 spiro atoms. The molecule has 1 atom stereocenters. The molecule has 1 N–H and O–H groups in total. The molecule has 2 nitrogen and oxygen atoms in total. The maximum absolute atomic E-state index is 11.1. The first-order chi connectivity index (χ1) is 6.02. The lowest BCUT2D eigenvalue weighted by Crippen LogP contribution is -2.25. The fraction of sp³-hybridized carbons (Fsp3) is 0.700. The van der Waals surface area contributed by atoms with Crippen LogP contribution in [0.4, 0.5) is 0 Å². The van der Waals surface area contributed by atoms with E-state index in [9.17, 15) is 4.79 Å². The van der Waals surface area contributed by atoms with Crippen molar-refractivity contribution in [1.29, 1.82) is 0 Å². The molecule has 13 heavy (non-hydrogen) atoms. The van der Waals surface area contributed by atoms with E-state index in [0.717, 1.165) is 0 Å². The molecule has 0 aliphatic carbocycles. The van der Waals surface area contributed by atoms with Crippen molar-refractivity contribution in [3.05, 3.63) is 0 Å². The first-order valence-electron chi connectivity index (χ1n) is 4.41. The summed E-state index contributed by atoms with van der Waals surface area (Å²) in [4.78, 5) is 11.1. The Kier molecular flexibility index (Phi) is 7.06. The molecule has 74 valence electrons. The highest BCUT2D eigenvalue weighted by atomic mass is 127. The molecule has 0 fully saturated rings. The Morgan fingerprint density at radius 3 is 2.54 bits per heavy atom. The second kappa shape index (κ2) is 7.19. The second-order valence-electron chi connectivity index (χ2n) is 3.24. The van der Waals surface area contributed by atoms with Crippen LogP contribution in [-0.2, 0) is 4.79 Å². The van der Waals surface area contributed by atoms with Gasteiger partial charge in [0.25, 0.3) is 0 Å². The van der Waals surface area contributed by atoms with Gasteiger partial charge < -0.3 is 5.32 Å². The van der Waals surface area contributed by atoms with E-state index >= 15 is 0 Å². The van der Waals surface area contributed by atoms with E-state index in [0.29, 0.717) is 22.8 Å². The number of carbonyl (C=O) groups is 1. The molecule has 0 aromatic carbocycles. The zero-order chi connectivity index (χ0) is 10.3. The number of hydrogen-bond acceptors (Lipinski definition) is 1. The minimum absolute atomic E-state index is 0.0833. The SMILES string of the molecule is CC(C)C#CCNC(=O)CC(C)I. The van der Waals surface area contributed by atoms with E-state index in [4.69, 9.17) is 0 Å². The van der Waals surface area contributed by atoms with Crippen LogP contribution in [0.15, 0.2) is 0 Å². The molecule has 3 heteroatoms. The number of rotatable bonds is 3. The first kappa shape index (κ1) is 12.8. The van der Waals surface area contributed by atoms with Crippen LogP contribution in [0.3, 0.4) is 0 Å². The summed E-state index contributed by atoms with van der Waals surface area (Å²) in [6.07, 6.45) is 0.573. The Balaban J connectivity index is 3.55. The van der Waals surface area contributed by atoms with E-state index in [1.807, 2.05) is 20.8 Å². The molecule has 0 rings (SSSR count). The summed E-state index contributed by atoms with van der Waals surface area (Å²) in [6, 6.07) is 0. The second-order valence-corrected chi connectivity index (χ2v) is 5.36. The summed E-state index contributed by atoms with van der Waals surface area (Å²) in [5.41, 5.74) is 0. The molecule has 0 aliphatic rings. The van der Waals surface area contributed by atoms with Crippen molar-refractivity contribution < 1.29 is 4.79 Å². The van der Waals surface area contributed by atoms with Crippen molar-refractivity contribution in [3.63, 3.8) is 0 Å². The van der Waals surface area contributed by atoms with Gasteiger partial charge in [0.05, 0.1) is 6.54 Å². The standard InChI is InChI=1S/C10H16INO/c1-8(2)5-4-6-12-10(13)7-9(3)11/h8-9H,6-7H2,1-3H3,(H,12,13). The van der Waals surface area contributed by atoms with Gasteiger partial charge in [0.1, 0.15) is 0 Å². The van der Waals surface area contributed by atoms with E-state index in [1.54, 1.807) is 0 Å². The third-order valence-electron chi connectivity index (χ3n) is 1.23. The van der Waals surface area contributed by atoms with Crippen LogP contribution < -0.4 is 5.32 Å². The fourth-order valence-corrected chi connectivity index (χ4v) is 1.13. The van der Waals surface area contributed by atoms with E-state index < -0.39 is 0 Å². The van der Waals surface area contributed by atoms with Gasteiger partial charge in [-0.25, -0.2) is 0 Å². The minimum Gasteiger partial charge on any atom is -0.345 e. The third-order valence-corrected chi connectivity index (χ3v) is 1.67. The minimum atomic E-state index is 0.0833. The fourth-order valence-electron chi connectivity index (χ4n) is 0.726. The van der Waals surface area contributed by atoms with Crippen molar-refractivity contribution >= 4 is 28.5 Å². The van der Waals surface area contributed by atoms with Gasteiger partial charge in [-0.15, -0.1) is 0 Å². The Bertz CT molecular complexity index is 213. The van der Waals surface area contributed by atoms with Crippen LogP contribution in [0.2, 0.25) is 0 Å². The number of carbonyl (C=O) groups excluding carboxylic acids is 1. The van der Waals surface area contributed by atoms with Crippen LogP contribution in [0.25, 0.3) is 0 Å². The average Bonchev–Trinajstić information content (AvgIpc) is 1.96. The molecular formula is C10H16INO. The molecule has 1 amide bonds. The predicted molar refractivity (Wildman–Crippen MR) is 63.7 cm³/mol. The molecule has 0 aromatic heterocycles. The summed E-state index contributed by atoms with van der Waals surface area (Å²) in [5, 5.41) is 2.75. The van der Waals surface area contributed by atoms with Crippen LogP contribution in [0.5, 0.6) is 0 Å². The van der Waals surface area contributed by atoms with Crippen molar-refractivity contribution in [1.82, 2.24) is 5.32 Å². The largest absolute Gasteiger partial charge is 0.345 e.